The summed E-state index contributed by atoms with van der Waals surface area (Å²) < 4.78 is 0. The van der Waals surface area contributed by atoms with Crippen LogP contribution in [0.25, 0.3) is 0 Å². The van der Waals surface area contributed by atoms with Crippen LogP contribution in [0.3, 0.4) is 0 Å². The molecule has 1 rings (SSSR count). The van der Waals surface area contributed by atoms with E-state index in [0.29, 0.717) is 5.92 Å². The molecule has 1 aliphatic heterocycles. The highest BCUT2D eigenvalue weighted by molar-refractivity contribution is 5.77. The molecule has 0 aliphatic carbocycles. The summed E-state index contributed by atoms with van der Waals surface area (Å²) in [5.41, 5.74) is 0. The van der Waals surface area contributed by atoms with Crippen LogP contribution in [0.5, 0.6) is 0 Å². The zero-order valence-electron chi connectivity index (χ0n) is 8.13. The quantitative estimate of drug-likeness (QED) is 0.661. The number of nitrogens with zero attached hydrogens (tertiary/aromatic N) is 1. The van der Waals surface area contributed by atoms with Crippen LogP contribution >= 0.6 is 0 Å². The summed E-state index contributed by atoms with van der Waals surface area (Å²) in [6.45, 7) is 6.92. The summed E-state index contributed by atoms with van der Waals surface area (Å²) in [4.78, 5) is 13.3. The molecule has 0 atom stereocenters. The summed E-state index contributed by atoms with van der Waals surface area (Å²) in [5.74, 6) is 1.06. The van der Waals surface area contributed by atoms with Gasteiger partial charge in [-0.15, -0.1) is 0 Å². The SMILES string of the molecule is CC(C)C(=O)N(C)CC1CNC1. The molecule has 3 nitrogen and oxygen atoms in total. The van der Waals surface area contributed by atoms with Crippen LogP contribution in [0.1, 0.15) is 13.8 Å². The Morgan fingerprint density at radius 2 is 2.17 bits per heavy atom. The summed E-state index contributed by atoms with van der Waals surface area (Å²) in [5, 5.41) is 3.20. The summed E-state index contributed by atoms with van der Waals surface area (Å²) >= 11 is 0. The topological polar surface area (TPSA) is 32.3 Å². The number of amides is 1. The van der Waals surface area contributed by atoms with Crippen LogP contribution in [-0.2, 0) is 4.79 Å². The van der Waals surface area contributed by atoms with Gasteiger partial charge in [-0.05, 0) is 0 Å². The van der Waals surface area contributed by atoms with E-state index in [2.05, 4.69) is 5.32 Å². The Kier molecular flexibility index (Phi) is 3.09. The van der Waals surface area contributed by atoms with Crippen molar-refractivity contribution in [2.75, 3.05) is 26.7 Å². The van der Waals surface area contributed by atoms with Crippen LogP contribution in [0, 0.1) is 11.8 Å². The summed E-state index contributed by atoms with van der Waals surface area (Å²) in [7, 11) is 1.89. The van der Waals surface area contributed by atoms with E-state index in [-0.39, 0.29) is 11.8 Å². The van der Waals surface area contributed by atoms with Crippen molar-refractivity contribution in [3.8, 4) is 0 Å². The highest BCUT2D eigenvalue weighted by atomic mass is 16.2. The molecule has 0 unspecified atom stereocenters. The van der Waals surface area contributed by atoms with Crippen LogP contribution in [0.4, 0.5) is 0 Å². The Labute approximate surface area is 74.1 Å². The number of carbonyl (C=O) groups is 1. The first-order chi connectivity index (χ1) is 5.61. The van der Waals surface area contributed by atoms with Gasteiger partial charge in [-0.1, -0.05) is 13.8 Å². The van der Waals surface area contributed by atoms with Gasteiger partial charge in [0.15, 0.2) is 0 Å². The molecule has 70 valence electrons. The molecule has 12 heavy (non-hydrogen) atoms. The van der Waals surface area contributed by atoms with E-state index in [0.717, 1.165) is 19.6 Å². The maximum atomic E-state index is 11.4. The average Bonchev–Trinajstić information content (AvgIpc) is 1.94. The van der Waals surface area contributed by atoms with E-state index < -0.39 is 0 Å². The van der Waals surface area contributed by atoms with E-state index >= 15 is 0 Å². The third kappa shape index (κ3) is 2.21. The minimum Gasteiger partial charge on any atom is -0.345 e. The first-order valence-electron chi connectivity index (χ1n) is 4.57. The minimum atomic E-state index is 0.128. The predicted molar refractivity (Wildman–Crippen MR) is 48.8 cm³/mol. The van der Waals surface area contributed by atoms with Gasteiger partial charge >= 0.3 is 0 Å². The first kappa shape index (κ1) is 9.52. The minimum absolute atomic E-state index is 0.128. The van der Waals surface area contributed by atoms with Crippen molar-refractivity contribution < 1.29 is 4.79 Å². The molecule has 0 aromatic heterocycles. The second kappa shape index (κ2) is 3.90. The van der Waals surface area contributed by atoms with Gasteiger partial charge in [-0.2, -0.15) is 0 Å². The Morgan fingerprint density at radius 3 is 2.50 bits per heavy atom. The molecule has 3 heteroatoms. The van der Waals surface area contributed by atoms with Crippen LogP contribution < -0.4 is 5.32 Å². The molecule has 1 aliphatic rings. The first-order valence-corrected chi connectivity index (χ1v) is 4.57. The molecule has 1 saturated heterocycles. The predicted octanol–water partition coefficient (Wildman–Crippen LogP) is 0.320. The van der Waals surface area contributed by atoms with Crippen LogP contribution in [-0.4, -0.2) is 37.5 Å². The second-order valence-corrected chi connectivity index (χ2v) is 3.90. The number of carbonyl (C=O) groups excluding carboxylic acids is 1. The number of hydrogen-bond acceptors (Lipinski definition) is 2. The van der Waals surface area contributed by atoms with Crippen LogP contribution in [0.15, 0.2) is 0 Å². The number of hydrogen-bond donors (Lipinski definition) is 1. The Morgan fingerprint density at radius 1 is 1.58 bits per heavy atom. The normalized spacial score (nSPS) is 17.7. The van der Waals surface area contributed by atoms with Gasteiger partial charge in [-0.3, -0.25) is 4.79 Å². The zero-order valence-corrected chi connectivity index (χ0v) is 8.13. The van der Waals surface area contributed by atoms with Gasteiger partial charge in [0.1, 0.15) is 0 Å². The fourth-order valence-electron chi connectivity index (χ4n) is 1.40. The molecular weight excluding hydrogens is 152 g/mol. The Bertz CT molecular complexity index is 164. The lowest BCUT2D eigenvalue weighted by molar-refractivity contribution is -0.133. The largest absolute Gasteiger partial charge is 0.345 e. The van der Waals surface area contributed by atoms with E-state index in [1.165, 1.54) is 0 Å². The van der Waals surface area contributed by atoms with Gasteiger partial charge in [0.25, 0.3) is 0 Å². The van der Waals surface area contributed by atoms with E-state index in [4.69, 9.17) is 0 Å². The monoisotopic (exact) mass is 170 g/mol. The Hall–Kier alpha value is -0.570. The molecule has 0 saturated carbocycles. The summed E-state index contributed by atoms with van der Waals surface area (Å²) in [6.07, 6.45) is 0. The lowest BCUT2D eigenvalue weighted by Gasteiger charge is -2.31. The molecule has 0 aromatic carbocycles. The molecule has 0 aromatic rings. The van der Waals surface area contributed by atoms with E-state index in [1.54, 1.807) is 0 Å². The molecule has 0 spiro atoms. The van der Waals surface area contributed by atoms with Gasteiger partial charge in [0.05, 0.1) is 0 Å². The van der Waals surface area contributed by atoms with Gasteiger partial charge in [0.2, 0.25) is 5.91 Å². The van der Waals surface area contributed by atoms with Gasteiger partial charge < -0.3 is 10.2 Å². The third-order valence-corrected chi connectivity index (χ3v) is 2.27. The second-order valence-electron chi connectivity index (χ2n) is 3.90. The highest BCUT2D eigenvalue weighted by Gasteiger charge is 2.21. The van der Waals surface area contributed by atoms with Crippen molar-refractivity contribution in [3.05, 3.63) is 0 Å². The van der Waals surface area contributed by atoms with Crippen molar-refractivity contribution in [1.29, 1.82) is 0 Å². The van der Waals surface area contributed by atoms with Gasteiger partial charge in [-0.25, -0.2) is 0 Å². The average molecular weight is 170 g/mol. The lowest BCUT2D eigenvalue weighted by atomic mass is 10.0. The highest BCUT2D eigenvalue weighted by Crippen LogP contribution is 2.07. The lowest BCUT2D eigenvalue weighted by Crippen LogP contribution is -2.49. The van der Waals surface area contributed by atoms with Crippen molar-refractivity contribution >= 4 is 5.91 Å². The maximum absolute atomic E-state index is 11.4. The standard InChI is InChI=1S/C9H18N2O/c1-7(2)9(12)11(3)6-8-4-10-5-8/h7-8,10H,4-6H2,1-3H3. The molecular formula is C9H18N2O. The smallest absolute Gasteiger partial charge is 0.224 e. The fourth-order valence-corrected chi connectivity index (χ4v) is 1.40. The van der Waals surface area contributed by atoms with Crippen molar-refractivity contribution in [2.45, 2.75) is 13.8 Å². The van der Waals surface area contributed by atoms with Crippen molar-refractivity contribution in [3.63, 3.8) is 0 Å². The molecule has 1 heterocycles. The molecule has 1 N–H and O–H groups in total. The van der Waals surface area contributed by atoms with E-state index in [1.807, 2.05) is 25.8 Å². The fraction of sp³-hybridized carbons (Fsp3) is 0.889. The summed E-state index contributed by atoms with van der Waals surface area (Å²) in [6, 6.07) is 0. The zero-order chi connectivity index (χ0) is 9.14. The third-order valence-electron chi connectivity index (χ3n) is 2.27. The van der Waals surface area contributed by atoms with Gasteiger partial charge in [0, 0.05) is 38.5 Å². The maximum Gasteiger partial charge on any atom is 0.224 e. The Balaban J connectivity index is 2.26. The number of nitrogens with one attached hydrogen (secondary N) is 1. The van der Waals surface area contributed by atoms with Crippen molar-refractivity contribution in [2.24, 2.45) is 11.8 Å². The van der Waals surface area contributed by atoms with E-state index in [9.17, 15) is 4.79 Å². The molecule has 1 fully saturated rings. The molecule has 0 radical (unpaired) electrons. The number of rotatable bonds is 3. The molecule has 1 amide bonds. The van der Waals surface area contributed by atoms with Crippen molar-refractivity contribution in [1.82, 2.24) is 10.2 Å². The molecule has 0 bridgehead atoms. The van der Waals surface area contributed by atoms with Crippen LogP contribution in [0.2, 0.25) is 0 Å².